The van der Waals surface area contributed by atoms with Crippen molar-refractivity contribution in [1.82, 2.24) is 0 Å². The molecule has 1 spiro atoms. The third-order valence-electron chi connectivity index (χ3n) is 2.94. The van der Waals surface area contributed by atoms with Gasteiger partial charge in [0, 0.05) is 11.0 Å². The molecule has 1 saturated carbocycles. The van der Waals surface area contributed by atoms with Crippen LogP contribution in [-0.2, 0) is 4.74 Å². The molecule has 0 aromatic carbocycles. The molecule has 5 heteroatoms. The number of rotatable bonds is 2. The molecular weight excluding hydrogens is 230 g/mol. The molecule has 86 valence electrons. The fourth-order valence-corrected chi connectivity index (χ4v) is 6.02. The first-order valence-corrected chi connectivity index (χ1v) is 7.31. The van der Waals surface area contributed by atoms with Crippen LogP contribution in [0.25, 0.3) is 0 Å². The molecule has 1 atom stereocenters. The van der Waals surface area contributed by atoms with E-state index in [1.807, 2.05) is 11.8 Å². The van der Waals surface area contributed by atoms with Crippen molar-refractivity contribution in [1.29, 1.82) is 0 Å². The van der Waals surface area contributed by atoms with Crippen LogP contribution in [0, 0.1) is 0 Å². The summed E-state index contributed by atoms with van der Waals surface area (Å²) >= 11 is 4.06. The molecule has 1 saturated heterocycles. The molecule has 1 amide bonds. The zero-order chi connectivity index (χ0) is 10.7. The van der Waals surface area contributed by atoms with Crippen molar-refractivity contribution < 1.29 is 9.53 Å². The van der Waals surface area contributed by atoms with E-state index in [0.29, 0.717) is 15.9 Å². The quantitative estimate of drug-likeness (QED) is 0.815. The van der Waals surface area contributed by atoms with E-state index in [0.717, 1.165) is 5.75 Å². The number of hydrogen-bond donors (Lipinski definition) is 1. The van der Waals surface area contributed by atoms with Gasteiger partial charge in [-0.3, -0.25) is 0 Å². The highest BCUT2D eigenvalue weighted by molar-refractivity contribution is 8.21. The van der Waals surface area contributed by atoms with Gasteiger partial charge >= 0.3 is 6.09 Å². The third-order valence-corrected chi connectivity index (χ3v) is 6.77. The first-order chi connectivity index (χ1) is 7.20. The number of hydrogen-bond acceptors (Lipinski definition) is 4. The summed E-state index contributed by atoms with van der Waals surface area (Å²) in [7, 11) is 0. The Kier molecular flexibility index (Phi) is 3.72. The van der Waals surface area contributed by atoms with Crippen molar-refractivity contribution in [3.05, 3.63) is 0 Å². The second-order valence-electron chi connectivity index (χ2n) is 4.15. The Morgan fingerprint density at radius 1 is 1.40 bits per heavy atom. The Labute approximate surface area is 98.9 Å². The summed E-state index contributed by atoms with van der Waals surface area (Å²) in [4.78, 5) is 10.5. The summed E-state index contributed by atoms with van der Waals surface area (Å²) in [5.41, 5.74) is 4.96. The van der Waals surface area contributed by atoms with Crippen molar-refractivity contribution in [2.24, 2.45) is 5.73 Å². The summed E-state index contributed by atoms with van der Waals surface area (Å²) in [6, 6.07) is 0. The Morgan fingerprint density at radius 3 is 2.80 bits per heavy atom. The summed E-state index contributed by atoms with van der Waals surface area (Å²) < 4.78 is 5.30. The lowest BCUT2D eigenvalue weighted by Crippen LogP contribution is -2.23. The minimum Gasteiger partial charge on any atom is -0.448 e. The Balaban J connectivity index is 1.80. The first-order valence-electron chi connectivity index (χ1n) is 5.44. The molecule has 0 aromatic rings. The minimum absolute atomic E-state index is 0.434. The Hall–Kier alpha value is -0.0300. The summed E-state index contributed by atoms with van der Waals surface area (Å²) in [5, 5.41) is 0.445. The van der Waals surface area contributed by atoms with E-state index in [1.165, 1.54) is 32.1 Å². The fourth-order valence-electron chi connectivity index (χ4n) is 2.23. The van der Waals surface area contributed by atoms with Gasteiger partial charge in [-0.2, -0.15) is 0 Å². The second kappa shape index (κ2) is 4.87. The van der Waals surface area contributed by atoms with Crippen molar-refractivity contribution in [2.45, 2.75) is 41.4 Å². The van der Waals surface area contributed by atoms with Crippen LogP contribution < -0.4 is 5.73 Å². The maximum atomic E-state index is 10.5. The number of primary amides is 1. The topological polar surface area (TPSA) is 52.3 Å². The highest BCUT2D eigenvalue weighted by atomic mass is 32.2. The van der Waals surface area contributed by atoms with Crippen LogP contribution in [0.5, 0.6) is 0 Å². The van der Waals surface area contributed by atoms with Crippen LogP contribution in [0.15, 0.2) is 0 Å². The van der Waals surface area contributed by atoms with Crippen molar-refractivity contribution in [2.75, 3.05) is 12.4 Å². The number of ether oxygens (including phenoxy) is 1. The van der Waals surface area contributed by atoms with Crippen LogP contribution in [0.4, 0.5) is 4.79 Å². The number of thioether (sulfide) groups is 2. The van der Waals surface area contributed by atoms with Gasteiger partial charge in [0.2, 0.25) is 0 Å². The summed E-state index contributed by atoms with van der Waals surface area (Å²) in [5.74, 6) is 1.10. The molecular formula is C10H17NO2S2. The molecule has 0 aromatic heterocycles. The van der Waals surface area contributed by atoms with E-state index in [9.17, 15) is 4.79 Å². The molecule has 2 rings (SSSR count). The molecule has 1 heterocycles. The third kappa shape index (κ3) is 2.97. The normalized spacial score (nSPS) is 29.2. The molecule has 15 heavy (non-hydrogen) atoms. The molecule has 2 fully saturated rings. The van der Waals surface area contributed by atoms with Gasteiger partial charge in [-0.1, -0.05) is 19.3 Å². The largest absolute Gasteiger partial charge is 0.448 e. The molecule has 1 aliphatic carbocycles. The van der Waals surface area contributed by atoms with E-state index in [2.05, 4.69) is 11.8 Å². The zero-order valence-electron chi connectivity index (χ0n) is 8.74. The van der Waals surface area contributed by atoms with E-state index >= 15 is 0 Å². The van der Waals surface area contributed by atoms with Crippen LogP contribution in [-0.4, -0.2) is 27.8 Å². The zero-order valence-corrected chi connectivity index (χ0v) is 10.4. The van der Waals surface area contributed by atoms with Gasteiger partial charge in [-0.05, 0) is 12.8 Å². The molecule has 2 aliphatic rings. The lowest BCUT2D eigenvalue weighted by Gasteiger charge is -2.31. The minimum atomic E-state index is -0.648. The average Bonchev–Trinajstić information content (AvgIpc) is 2.60. The van der Waals surface area contributed by atoms with Gasteiger partial charge in [0.05, 0.1) is 4.08 Å². The molecule has 1 aliphatic heterocycles. The highest BCUT2D eigenvalue weighted by Crippen LogP contribution is 2.55. The van der Waals surface area contributed by atoms with Gasteiger partial charge in [0.1, 0.15) is 6.61 Å². The number of amides is 1. The molecule has 3 nitrogen and oxygen atoms in total. The molecule has 1 unspecified atom stereocenters. The lowest BCUT2D eigenvalue weighted by molar-refractivity contribution is 0.159. The first kappa shape index (κ1) is 11.5. The highest BCUT2D eigenvalue weighted by Gasteiger charge is 2.41. The maximum Gasteiger partial charge on any atom is 0.404 e. The Bertz CT molecular complexity index is 242. The number of carbonyl (C=O) groups excluding carboxylic acids is 1. The molecule has 2 N–H and O–H groups in total. The van der Waals surface area contributed by atoms with Crippen LogP contribution in [0.1, 0.15) is 32.1 Å². The van der Waals surface area contributed by atoms with Gasteiger partial charge in [0.25, 0.3) is 0 Å². The predicted molar refractivity (Wildman–Crippen MR) is 65.2 cm³/mol. The second-order valence-corrected chi connectivity index (χ2v) is 7.50. The van der Waals surface area contributed by atoms with Crippen molar-refractivity contribution in [3.63, 3.8) is 0 Å². The van der Waals surface area contributed by atoms with Crippen molar-refractivity contribution >= 4 is 29.6 Å². The number of carbonyl (C=O) groups is 1. The number of nitrogens with two attached hydrogens (primary N) is 1. The van der Waals surface area contributed by atoms with E-state index in [1.54, 1.807) is 0 Å². The standard InChI is InChI=1S/C10H17NO2S2/c11-9(12)13-6-8-7-14-10(15-8)4-2-1-3-5-10/h8H,1-7H2,(H2,11,12). The summed E-state index contributed by atoms with van der Waals surface area (Å²) in [6.45, 7) is 0.481. The summed E-state index contributed by atoms with van der Waals surface area (Å²) in [6.07, 6.45) is 6.06. The van der Waals surface area contributed by atoms with Crippen molar-refractivity contribution in [3.8, 4) is 0 Å². The van der Waals surface area contributed by atoms with E-state index in [4.69, 9.17) is 10.5 Å². The Morgan fingerprint density at radius 2 is 2.13 bits per heavy atom. The molecule has 0 radical (unpaired) electrons. The van der Waals surface area contributed by atoms with Crippen LogP contribution in [0.2, 0.25) is 0 Å². The lowest BCUT2D eigenvalue weighted by atomic mass is 10.00. The average molecular weight is 247 g/mol. The van der Waals surface area contributed by atoms with Crippen LogP contribution >= 0.6 is 23.5 Å². The van der Waals surface area contributed by atoms with E-state index in [-0.39, 0.29) is 0 Å². The SMILES string of the molecule is NC(=O)OCC1CSC2(CCCCC2)S1. The maximum absolute atomic E-state index is 10.5. The van der Waals surface area contributed by atoms with Gasteiger partial charge < -0.3 is 10.5 Å². The van der Waals surface area contributed by atoms with Gasteiger partial charge in [-0.25, -0.2) is 4.79 Å². The van der Waals surface area contributed by atoms with E-state index < -0.39 is 6.09 Å². The van der Waals surface area contributed by atoms with Gasteiger partial charge in [-0.15, -0.1) is 23.5 Å². The molecule has 0 bridgehead atoms. The predicted octanol–water partition coefficient (Wildman–Crippen LogP) is 2.59. The smallest absolute Gasteiger partial charge is 0.404 e. The van der Waals surface area contributed by atoms with Crippen LogP contribution in [0.3, 0.4) is 0 Å². The fraction of sp³-hybridized carbons (Fsp3) is 0.900. The monoisotopic (exact) mass is 247 g/mol. The van der Waals surface area contributed by atoms with Gasteiger partial charge in [0.15, 0.2) is 0 Å².